The number of hydrogen-bond acceptors (Lipinski definition) is 3. The smallest absolute Gasteiger partial charge is 0.251 e. The molecule has 1 aliphatic heterocycles. The molecule has 3 rings (SSSR count). The summed E-state index contributed by atoms with van der Waals surface area (Å²) in [5.74, 6) is -0.346. The van der Waals surface area contributed by atoms with Crippen LogP contribution in [0.4, 0.5) is 0 Å². The van der Waals surface area contributed by atoms with Crippen LogP contribution in [-0.4, -0.2) is 59.7 Å². The molecular weight excluding hydrogens is 366 g/mol. The number of rotatable bonds is 5. The molecule has 1 aliphatic rings. The van der Waals surface area contributed by atoms with E-state index in [1.165, 1.54) is 0 Å². The van der Waals surface area contributed by atoms with Crippen LogP contribution in [-0.2, 0) is 16.0 Å². The van der Waals surface area contributed by atoms with E-state index < -0.39 is 6.04 Å². The van der Waals surface area contributed by atoms with Crippen molar-refractivity contribution in [3.8, 4) is 0 Å². The molecule has 152 valence electrons. The minimum atomic E-state index is -0.658. The van der Waals surface area contributed by atoms with E-state index in [9.17, 15) is 14.4 Å². The minimum absolute atomic E-state index is 0.0255. The summed E-state index contributed by atoms with van der Waals surface area (Å²) in [5, 5.41) is 2.92. The molecule has 0 saturated carbocycles. The molecule has 0 aliphatic carbocycles. The lowest BCUT2D eigenvalue weighted by Gasteiger charge is -2.27. The summed E-state index contributed by atoms with van der Waals surface area (Å²) in [6.45, 7) is 3.78. The quantitative estimate of drug-likeness (QED) is 0.846. The number of carbonyl (C=O) groups is 3. The Morgan fingerprint density at radius 3 is 2.10 bits per heavy atom. The van der Waals surface area contributed by atoms with E-state index in [1.807, 2.05) is 36.4 Å². The van der Waals surface area contributed by atoms with Crippen LogP contribution < -0.4 is 5.32 Å². The van der Waals surface area contributed by atoms with Crippen molar-refractivity contribution in [3.05, 3.63) is 71.8 Å². The first-order valence-corrected chi connectivity index (χ1v) is 9.99. The summed E-state index contributed by atoms with van der Waals surface area (Å²) in [5.41, 5.74) is 1.51. The van der Waals surface area contributed by atoms with Crippen molar-refractivity contribution >= 4 is 17.7 Å². The van der Waals surface area contributed by atoms with Gasteiger partial charge in [-0.2, -0.15) is 0 Å². The largest absolute Gasteiger partial charge is 0.341 e. The first kappa shape index (κ1) is 20.6. The van der Waals surface area contributed by atoms with Crippen LogP contribution in [0.5, 0.6) is 0 Å². The zero-order valence-corrected chi connectivity index (χ0v) is 16.7. The van der Waals surface area contributed by atoms with Gasteiger partial charge in [0.25, 0.3) is 5.91 Å². The summed E-state index contributed by atoms with van der Waals surface area (Å²) in [6.07, 6.45) is 1.15. The molecule has 3 amide bonds. The Kier molecular flexibility index (Phi) is 7.00. The van der Waals surface area contributed by atoms with Crippen molar-refractivity contribution in [2.45, 2.75) is 25.8 Å². The Morgan fingerprint density at radius 2 is 1.45 bits per heavy atom. The van der Waals surface area contributed by atoms with Gasteiger partial charge in [0.05, 0.1) is 0 Å². The average molecular weight is 393 g/mol. The second-order valence-electron chi connectivity index (χ2n) is 7.27. The van der Waals surface area contributed by atoms with E-state index in [2.05, 4.69) is 5.32 Å². The van der Waals surface area contributed by atoms with Gasteiger partial charge in [-0.25, -0.2) is 0 Å². The lowest BCUT2D eigenvalue weighted by molar-refractivity contribution is -0.134. The van der Waals surface area contributed by atoms with Gasteiger partial charge in [0, 0.05) is 45.1 Å². The summed E-state index contributed by atoms with van der Waals surface area (Å²) >= 11 is 0. The highest BCUT2D eigenvalue weighted by Crippen LogP contribution is 2.11. The molecule has 2 aromatic carbocycles. The highest BCUT2D eigenvalue weighted by atomic mass is 16.2. The van der Waals surface area contributed by atoms with Crippen molar-refractivity contribution in [3.63, 3.8) is 0 Å². The van der Waals surface area contributed by atoms with Crippen LogP contribution in [0.25, 0.3) is 0 Å². The first-order chi connectivity index (χ1) is 14.0. The molecule has 2 aromatic rings. The number of carbonyl (C=O) groups excluding carboxylic acids is 3. The van der Waals surface area contributed by atoms with E-state index in [1.54, 1.807) is 41.0 Å². The molecule has 0 radical (unpaired) electrons. The molecule has 1 saturated heterocycles. The Morgan fingerprint density at radius 1 is 0.862 bits per heavy atom. The predicted molar refractivity (Wildman–Crippen MR) is 111 cm³/mol. The van der Waals surface area contributed by atoms with Crippen molar-refractivity contribution in [1.82, 2.24) is 15.1 Å². The molecule has 29 heavy (non-hydrogen) atoms. The van der Waals surface area contributed by atoms with Gasteiger partial charge < -0.3 is 15.1 Å². The van der Waals surface area contributed by atoms with Gasteiger partial charge in [-0.15, -0.1) is 0 Å². The van der Waals surface area contributed by atoms with Crippen molar-refractivity contribution in [1.29, 1.82) is 0 Å². The number of nitrogens with zero attached hydrogens (tertiary/aromatic N) is 2. The summed E-state index contributed by atoms with van der Waals surface area (Å²) in [6, 6.07) is 17.9. The van der Waals surface area contributed by atoms with E-state index in [4.69, 9.17) is 0 Å². The van der Waals surface area contributed by atoms with Crippen molar-refractivity contribution in [2.75, 3.05) is 26.2 Å². The second-order valence-corrected chi connectivity index (χ2v) is 7.27. The van der Waals surface area contributed by atoms with Gasteiger partial charge in [-0.05, 0) is 24.1 Å². The van der Waals surface area contributed by atoms with Gasteiger partial charge in [0.15, 0.2) is 0 Å². The Bertz CT molecular complexity index is 839. The monoisotopic (exact) mass is 393 g/mol. The third-order valence-electron chi connectivity index (χ3n) is 5.17. The summed E-state index contributed by atoms with van der Waals surface area (Å²) < 4.78 is 0. The average Bonchev–Trinajstić information content (AvgIpc) is 3.00. The minimum Gasteiger partial charge on any atom is -0.341 e. The van der Waals surface area contributed by atoms with Crippen molar-refractivity contribution in [2.24, 2.45) is 0 Å². The third-order valence-corrected chi connectivity index (χ3v) is 5.17. The molecule has 6 heteroatoms. The Hall–Kier alpha value is -3.15. The number of nitrogens with one attached hydrogen (secondary N) is 1. The molecule has 1 atom stereocenters. The van der Waals surface area contributed by atoms with Gasteiger partial charge >= 0.3 is 0 Å². The zero-order valence-electron chi connectivity index (χ0n) is 16.7. The Labute approximate surface area is 171 Å². The van der Waals surface area contributed by atoms with Crippen molar-refractivity contribution < 1.29 is 14.4 Å². The summed E-state index contributed by atoms with van der Waals surface area (Å²) in [7, 11) is 0. The van der Waals surface area contributed by atoms with E-state index in [0.717, 1.165) is 12.0 Å². The van der Waals surface area contributed by atoms with Gasteiger partial charge in [-0.3, -0.25) is 14.4 Å². The van der Waals surface area contributed by atoms with Crippen LogP contribution in [0, 0.1) is 0 Å². The van der Waals surface area contributed by atoms with Crippen LogP contribution >= 0.6 is 0 Å². The highest BCUT2D eigenvalue weighted by molar-refractivity contribution is 5.97. The first-order valence-electron chi connectivity index (χ1n) is 9.99. The second kappa shape index (κ2) is 9.87. The van der Waals surface area contributed by atoms with Crippen LogP contribution in [0.1, 0.15) is 29.3 Å². The molecule has 6 nitrogen and oxygen atoms in total. The third kappa shape index (κ3) is 5.67. The topological polar surface area (TPSA) is 69.7 Å². The van der Waals surface area contributed by atoms with Gasteiger partial charge in [0.2, 0.25) is 11.8 Å². The van der Waals surface area contributed by atoms with Gasteiger partial charge in [-0.1, -0.05) is 48.5 Å². The van der Waals surface area contributed by atoms with Crippen LogP contribution in [0.3, 0.4) is 0 Å². The van der Waals surface area contributed by atoms with E-state index in [0.29, 0.717) is 38.2 Å². The van der Waals surface area contributed by atoms with E-state index >= 15 is 0 Å². The SMILES string of the molecule is CC(=O)N1CCCN(C(=O)C(Cc2ccccc2)NC(=O)c2ccccc2)CC1. The maximum absolute atomic E-state index is 13.3. The molecule has 0 spiro atoms. The molecule has 1 heterocycles. The molecule has 0 bridgehead atoms. The fourth-order valence-electron chi connectivity index (χ4n) is 3.55. The standard InChI is InChI=1S/C23H27N3O3/c1-18(27)25-13-8-14-26(16-15-25)23(29)21(17-19-9-4-2-5-10-19)24-22(28)20-11-6-3-7-12-20/h2-7,9-12,21H,8,13-17H2,1H3,(H,24,28). The number of amides is 3. The number of hydrogen-bond donors (Lipinski definition) is 1. The molecule has 1 unspecified atom stereocenters. The van der Waals surface area contributed by atoms with Gasteiger partial charge in [0.1, 0.15) is 6.04 Å². The zero-order chi connectivity index (χ0) is 20.6. The maximum Gasteiger partial charge on any atom is 0.251 e. The number of benzene rings is 2. The predicted octanol–water partition coefficient (Wildman–Crippen LogP) is 2.11. The van der Waals surface area contributed by atoms with Crippen LogP contribution in [0.15, 0.2) is 60.7 Å². The lowest BCUT2D eigenvalue weighted by Crippen LogP contribution is -2.50. The lowest BCUT2D eigenvalue weighted by atomic mass is 10.0. The molecule has 1 fully saturated rings. The Balaban J connectivity index is 1.75. The molecule has 1 N–H and O–H groups in total. The fourth-order valence-corrected chi connectivity index (χ4v) is 3.55. The maximum atomic E-state index is 13.3. The normalized spacial score (nSPS) is 15.3. The van der Waals surface area contributed by atoms with Crippen LogP contribution in [0.2, 0.25) is 0 Å². The highest BCUT2D eigenvalue weighted by Gasteiger charge is 2.28. The molecular formula is C23H27N3O3. The molecule has 0 aromatic heterocycles. The summed E-state index contributed by atoms with van der Waals surface area (Å²) in [4.78, 5) is 41.2. The van der Waals surface area contributed by atoms with E-state index in [-0.39, 0.29) is 17.7 Å². The fraction of sp³-hybridized carbons (Fsp3) is 0.348.